The largest absolute Gasteiger partial charge is 0.313 e. The molecule has 0 saturated carbocycles. The van der Waals surface area contributed by atoms with Crippen LogP contribution in [0.1, 0.15) is 47.0 Å². The van der Waals surface area contributed by atoms with E-state index >= 15 is 0 Å². The van der Waals surface area contributed by atoms with E-state index in [-0.39, 0.29) is 0 Å². The van der Waals surface area contributed by atoms with Gasteiger partial charge in [0.05, 0.1) is 0 Å². The van der Waals surface area contributed by atoms with Gasteiger partial charge < -0.3 is 10.2 Å². The third kappa shape index (κ3) is 7.80. The van der Waals surface area contributed by atoms with Crippen molar-refractivity contribution in [1.29, 1.82) is 0 Å². The fraction of sp³-hybridized carbons (Fsp3) is 1.00. The second-order valence-corrected chi connectivity index (χ2v) is 4.74. The highest BCUT2D eigenvalue weighted by Gasteiger charge is 2.05. The minimum absolute atomic E-state index is 0.710. The molecule has 0 aromatic heterocycles. The van der Waals surface area contributed by atoms with Crippen molar-refractivity contribution in [3.63, 3.8) is 0 Å². The molecule has 0 aromatic carbocycles. The first-order valence-corrected chi connectivity index (χ1v) is 6.55. The van der Waals surface area contributed by atoms with Crippen LogP contribution in [-0.2, 0) is 0 Å². The molecule has 0 fully saturated rings. The minimum atomic E-state index is 0.710. The molecule has 0 spiro atoms. The van der Waals surface area contributed by atoms with E-state index in [2.05, 4.69) is 45.0 Å². The van der Waals surface area contributed by atoms with Crippen LogP contribution < -0.4 is 5.32 Å². The monoisotopic (exact) mass is 214 g/mol. The molecule has 0 saturated heterocycles. The Kier molecular flexibility index (Phi) is 9.12. The molecule has 2 heteroatoms. The van der Waals surface area contributed by atoms with Crippen LogP contribution in [0, 0.1) is 5.92 Å². The molecule has 92 valence electrons. The summed E-state index contributed by atoms with van der Waals surface area (Å²) in [6, 6.07) is 0.710. The minimum Gasteiger partial charge on any atom is -0.313 e. The van der Waals surface area contributed by atoms with E-state index in [1.165, 1.54) is 32.4 Å². The second kappa shape index (κ2) is 9.17. The summed E-state index contributed by atoms with van der Waals surface area (Å²) in [7, 11) is 2.22. The average molecular weight is 214 g/mol. The Labute approximate surface area is 96.4 Å². The molecule has 0 amide bonds. The van der Waals surface area contributed by atoms with E-state index in [4.69, 9.17) is 0 Å². The molecule has 1 N–H and O–H groups in total. The average Bonchev–Trinajstić information content (AvgIpc) is 2.24. The van der Waals surface area contributed by atoms with Crippen LogP contribution in [0.15, 0.2) is 0 Å². The molecule has 1 atom stereocenters. The predicted octanol–water partition coefficient (Wildman–Crippen LogP) is 2.74. The summed E-state index contributed by atoms with van der Waals surface area (Å²) >= 11 is 0. The fourth-order valence-electron chi connectivity index (χ4n) is 1.79. The maximum absolute atomic E-state index is 3.60. The van der Waals surface area contributed by atoms with Crippen molar-refractivity contribution in [2.24, 2.45) is 5.92 Å². The van der Waals surface area contributed by atoms with Gasteiger partial charge >= 0.3 is 0 Å². The van der Waals surface area contributed by atoms with Gasteiger partial charge in [0.2, 0.25) is 0 Å². The lowest BCUT2D eigenvalue weighted by atomic mass is 10.1. The van der Waals surface area contributed by atoms with Crippen LogP contribution in [0.4, 0.5) is 0 Å². The summed E-state index contributed by atoms with van der Waals surface area (Å²) in [5.74, 6) is 0.822. The first kappa shape index (κ1) is 14.9. The van der Waals surface area contributed by atoms with E-state index in [1.807, 2.05) is 0 Å². The Bertz CT molecular complexity index is 132. The molecular weight excluding hydrogens is 184 g/mol. The van der Waals surface area contributed by atoms with Crippen molar-refractivity contribution >= 4 is 0 Å². The molecule has 0 aliphatic heterocycles. The van der Waals surface area contributed by atoms with Gasteiger partial charge in [0.25, 0.3) is 0 Å². The molecule has 0 aliphatic carbocycles. The van der Waals surface area contributed by atoms with Gasteiger partial charge in [0, 0.05) is 25.7 Å². The molecule has 1 unspecified atom stereocenters. The summed E-state index contributed by atoms with van der Waals surface area (Å²) in [6.45, 7) is 12.6. The normalized spacial score (nSPS) is 13.8. The topological polar surface area (TPSA) is 15.3 Å². The Hall–Kier alpha value is -0.0800. The Morgan fingerprint density at radius 1 is 1.07 bits per heavy atom. The van der Waals surface area contributed by atoms with Crippen LogP contribution in [0.2, 0.25) is 0 Å². The van der Waals surface area contributed by atoms with E-state index in [1.54, 1.807) is 0 Å². The number of nitrogens with zero attached hydrogens (tertiary/aromatic N) is 1. The number of likely N-dealkylation sites (N-methyl/N-ethyl adjacent to an activating group) is 1. The van der Waals surface area contributed by atoms with E-state index in [9.17, 15) is 0 Å². The Morgan fingerprint density at radius 3 is 2.13 bits per heavy atom. The van der Waals surface area contributed by atoms with E-state index < -0.39 is 0 Å². The van der Waals surface area contributed by atoms with Crippen LogP contribution in [0.5, 0.6) is 0 Å². The van der Waals surface area contributed by atoms with Crippen LogP contribution in [-0.4, -0.2) is 37.6 Å². The second-order valence-electron chi connectivity index (χ2n) is 4.74. The molecule has 0 radical (unpaired) electrons. The van der Waals surface area contributed by atoms with Crippen molar-refractivity contribution in [1.82, 2.24) is 10.2 Å². The van der Waals surface area contributed by atoms with Crippen LogP contribution >= 0.6 is 0 Å². The maximum Gasteiger partial charge on any atom is 0.0104 e. The quantitative estimate of drug-likeness (QED) is 0.635. The predicted molar refractivity (Wildman–Crippen MR) is 69.3 cm³/mol. The fourth-order valence-corrected chi connectivity index (χ4v) is 1.79. The Balaban J connectivity index is 3.49. The van der Waals surface area contributed by atoms with Crippen molar-refractivity contribution in [3.05, 3.63) is 0 Å². The lowest BCUT2D eigenvalue weighted by molar-refractivity contribution is 0.276. The number of nitrogens with one attached hydrogen (secondary N) is 1. The van der Waals surface area contributed by atoms with Crippen molar-refractivity contribution in [2.45, 2.75) is 53.0 Å². The van der Waals surface area contributed by atoms with E-state index in [0.29, 0.717) is 6.04 Å². The third-order valence-corrected chi connectivity index (χ3v) is 3.23. The Morgan fingerprint density at radius 2 is 1.67 bits per heavy atom. The molecular formula is C13H30N2. The SMILES string of the molecule is CCC(C)CN(C)CCNC(CC)CC. The van der Waals surface area contributed by atoms with Crippen molar-refractivity contribution < 1.29 is 0 Å². The summed E-state index contributed by atoms with van der Waals surface area (Å²) in [4.78, 5) is 2.43. The van der Waals surface area contributed by atoms with Gasteiger partial charge in [-0.3, -0.25) is 0 Å². The number of hydrogen-bond donors (Lipinski definition) is 1. The van der Waals surface area contributed by atoms with Crippen molar-refractivity contribution in [3.8, 4) is 0 Å². The van der Waals surface area contributed by atoms with Crippen LogP contribution in [0.25, 0.3) is 0 Å². The maximum atomic E-state index is 3.60. The standard InChI is InChI=1S/C13H30N2/c1-6-12(4)11-15(5)10-9-14-13(7-2)8-3/h12-14H,6-11H2,1-5H3. The highest BCUT2D eigenvalue weighted by molar-refractivity contribution is 4.64. The number of hydrogen-bond acceptors (Lipinski definition) is 2. The molecule has 0 rings (SSSR count). The van der Waals surface area contributed by atoms with Gasteiger partial charge in [-0.05, 0) is 25.8 Å². The first-order chi connectivity index (χ1) is 7.13. The molecule has 15 heavy (non-hydrogen) atoms. The zero-order chi connectivity index (χ0) is 11.7. The molecule has 0 bridgehead atoms. The first-order valence-electron chi connectivity index (χ1n) is 6.55. The number of rotatable bonds is 9. The zero-order valence-electron chi connectivity index (χ0n) is 11.3. The molecule has 0 aromatic rings. The lowest BCUT2D eigenvalue weighted by Gasteiger charge is -2.22. The summed E-state index contributed by atoms with van der Waals surface area (Å²) in [5.41, 5.74) is 0. The zero-order valence-corrected chi connectivity index (χ0v) is 11.3. The lowest BCUT2D eigenvalue weighted by Crippen LogP contribution is -2.36. The van der Waals surface area contributed by atoms with Gasteiger partial charge in [-0.25, -0.2) is 0 Å². The highest BCUT2D eigenvalue weighted by Crippen LogP contribution is 2.02. The summed E-state index contributed by atoms with van der Waals surface area (Å²) in [6.07, 6.45) is 3.77. The van der Waals surface area contributed by atoms with Gasteiger partial charge in [-0.15, -0.1) is 0 Å². The van der Waals surface area contributed by atoms with E-state index in [0.717, 1.165) is 12.5 Å². The van der Waals surface area contributed by atoms with Gasteiger partial charge in [0.1, 0.15) is 0 Å². The van der Waals surface area contributed by atoms with Gasteiger partial charge in [-0.1, -0.05) is 34.1 Å². The molecule has 2 nitrogen and oxygen atoms in total. The highest BCUT2D eigenvalue weighted by atomic mass is 15.1. The van der Waals surface area contributed by atoms with Crippen LogP contribution in [0.3, 0.4) is 0 Å². The summed E-state index contributed by atoms with van der Waals surface area (Å²) < 4.78 is 0. The molecule has 0 aliphatic rings. The third-order valence-electron chi connectivity index (χ3n) is 3.23. The van der Waals surface area contributed by atoms with Gasteiger partial charge in [0.15, 0.2) is 0 Å². The molecule has 0 heterocycles. The summed E-state index contributed by atoms with van der Waals surface area (Å²) in [5, 5.41) is 3.60. The van der Waals surface area contributed by atoms with Crippen molar-refractivity contribution in [2.75, 3.05) is 26.7 Å². The smallest absolute Gasteiger partial charge is 0.0104 e. The van der Waals surface area contributed by atoms with Gasteiger partial charge in [-0.2, -0.15) is 0 Å².